The third kappa shape index (κ3) is 6.33. The second-order valence-electron chi connectivity index (χ2n) is 12.5. The molecule has 6 heteroatoms. The maximum atomic E-state index is 12.4. The zero-order valence-electron chi connectivity index (χ0n) is 23.5. The van der Waals surface area contributed by atoms with E-state index in [1.54, 1.807) is 0 Å². The van der Waals surface area contributed by atoms with Crippen molar-refractivity contribution in [2.24, 2.45) is 0 Å². The fraction of sp³-hybridized carbons (Fsp3) is 0.438. The summed E-state index contributed by atoms with van der Waals surface area (Å²) in [7, 11) is 0. The number of allylic oxidation sites excluding steroid dienone is 1. The van der Waals surface area contributed by atoms with Crippen molar-refractivity contribution in [3.8, 4) is 0 Å². The van der Waals surface area contributed by atoms with E-state index in [-0.39, 0.29) is 43.6 Å². The van der Waals surface area contributed by atoms with Crippen LogP contribution in [0.5, 0.6) is 0 Å². The molecule has 0 amide bonds. The predicted molar refractivity (Wildman–Crippen MR) is 148 cm³/mol. The number of halogens is 1. The standard InChI is InChI=1S/C20H26I.C12H13N3O2/c1-19(2,3)15-7-11-17(12-8-15)21-18-13-9-16(10-14-18)20(4,5)6;16-9-7-8(13-1-2-13)12(17)11(15-5-6-15)10(9)14-3-4-14/h7-14H,1-6H3;7H,1-6H2/q+1;. The number of Topliss-reactive ketones (excluding diaryl/α,β-unsaturated/α-hetero) is 1. The number of carbonyl (C=O) groups is 2. The predicted octanol–water partition coefficient (Wildman–Crippen LogP) is 1.59. The molecule has 0 saturated carbocycles. The van der Waals surface area contributed by atoms with Crippen LogP contribution in [0.3, 0.4) is 0 Å². The lowest BCUT2D eigenvalue weighted by Crippen LogP contribution is -3.61. The molecule has 0 radical (unpaired) electrons. The molecule has 2 aromatic carbocycles. The van der Waals surface area contributed by atoms with E-state index in [1.807, 2.05) is 14.7 Å². The fourth-order valence-electron chi connectivity index (χ4n) is 4.43. The van der Waals surface area contributed by atoms with Gasteiger partial charge < -0.3 is 14.7 Å². The van der Waals surface area contributed by atoms with E-state index >= 15 is 0 Å². The van der Waals surface area contributed by atoms with Gasteiger partial charge in [-0.25, -0.2) is 0 Å². The topological polar surface area (TPSA) is 43.2 Å². The molecule has 3 heterocycles. The van der Waals surface area contributed by atoms with Crippen molar-refractivity contribution < 1.29 is 30.8 Å². The van der Waals surface area contributed by atoms with Crippen molar-refractivity contribution in [3.63, 3.8) is 0 Å². The molecule has 0 aromatic heterocycles. The Bertz CT molecular complexity index is 1230. The largest absolute Gasteiger partial charge is 0.365 e. The van der Waals surface area contributed by atoms with Crippen LogP contribution in [0, 0.1) is 7.14 Å². The van der Waals surface area contributed by atoms with E-state index in [1.165, 1.54) is 24.3 Å². The van der Waals surface area contributed by atoms with Gasteiger partial charge in [-0.15, -0.1) is 0 Å². The minimum atomic E-state index is -0.0703. The van der Waals surface area contributed by atoms with Gasteiger partial charge in [0.25, 0.3) is 0 Å². The molecule has 3 fully saturated rings. The number of hydrogen-bond acceptors (Lipinski definition) is 5. The van der Waals surface area contributed by atoms with Crippen LogP contribution in [-0.2, 0) is 20.4 Å². The molecule has 3 saturated heterocycles. The molecule has 200 valence electrons. The van der Waals surface area contributed by atoms with Gasteiger partial charge in [0, 0.05) is 45.3 Å². The van der Waals surface area contributed by atoms with Crippen LogP contribution in [0.2, 0.25) is 0 Å². The van der Waals surface area contributed by atoms with E-state index in [0.29, 0.717) is 17.1 Å². The molecule has 1 aliphatic carbocycles. The number of rotatable bonds is 5. The highest BCUT2D eigenvalue weighted by atomic mass is 127. The molecular weight excluding hydrogens is 585 g/mol. The number of carbonyl (C=O) groups excluding carboxylic acids is 2. The SMILES string of the molecule is CC(C)(C)c1ccc([I+]c2ccc(C(C)(C)C)cc2)cc1.O=C1C=C(N2CC2)C(=O)C(N2CC2)=C1N1CC1. The summed E-state index contributed by atoms with van der Waals surface area (Å²) >= 11 is -0.0703. The quantitative estimate of drug-likeness (QED) is 0.288. The van der Waals surface area contributed by atoms with Crippen molar-refractivity contribution in [2.75, 3.05) is 39.3 Å². The first-order chi connectivity index (χ1) is 17.9. The number of benzene rings is 2. The molecule has 0 atom stereocenters. The van der Waals surface area contributed by atoms with Crippen molar-refractivity contribution in [1.29, 1.82) is 0 Å². The van der Waals surface area contributed by atoms with Crippen LogP contribution in [0.1, 0.15) is 52.7 Å². The summed E-state index contributed by atoms with van der Waals surface area (Å²) in [4.78, 5) is 30.5. The third-order valence-corrected chi connectivity index (χ3v) is 9.81. The summed E-state index contributed by atoms with van der Waals surface area (Å²) in [5.41, 5.74) is 5.20. The van der Waals surface area contributed by atoms with Gasteiger partial charge in [-0.2, -0.15) is 0 Å². The zero-order valence-corrected chi connectivity index (χ0v) is 25.6. The lowest BCUT2D eigenvalue weighted by molar-refractivity contribution is -0.597. The zero-order chi connectivity index (χ0) is 27.2. The van der Waals surface area contributed by atoms with Gasteiger partial charge in [-0.3, -0.25) is 9.59 Å². The highest BCUT2D eigenvalue weighted by molar-refractivity contribution is 6.22. The summed E-state index contributed by atoms with van der Waals surface area (Å²) < 4.78 is 2.98. The minimum absolute atomic E-state index is 0.00546. The van der Waals surface area contributed by atoms with Crippen LogP contribution in [0.4, 0.5) is 0 Å². The molecule has 3 aliphatic heterocycles. The Morgan fingerprint density at radius 3 is 1.34 bits per heavy atom. The van der Waals surface area contributed by atoms with E-state index in [2.05, 4.69) is 90.1 Å². The van der Waals surface area contributed by atoms with Gasteiger partial charge in [0.15, 0.2) is 7.14 Å². The summed E-state index contributed by atoms with van der Waals surface area (Å²) in [5.74, 6) is 0.0485. The Balaban J connectivity index is 0.000000157. The minimum Gasteiger partial charge on any atom is -0.365 e. The van der Waals surface area contributed by atoms with E-state index < -0.39 is 0 Å². The Kier molecular flexibility index (Phi) is 7.22. The molecule has 4 aliphatic rings. The summed E-state index contributed by atoms with van der Waals surface area (Å²) in [6.07, 6.45) is 1.52. The van der Waals surface area contributed by atoms with Crippen molar-refractivity contribution in [1.82, 2.24) is 14.7 Å². The lowest BCUT2D eigenvalue weighted by Gasteiger charge is -2.21. The van der Waals surface area contributed by atoms with E-state index in [9.17, 15) is 9.59 Å². The van der Waals surface area contributed by atoms with Crippen LogP contribution in [0.15, 0.2) is 71.7 Å². The molecule has 2 aromatic rings. The third-order valence-electron chi connectivity index (χ3n) is 7.13. The summed E-state index contributed by atoms with van der Waals surface area (Å²) in [5, 5.41) is 0. The van der Waals surface area contributed by atoms with Crippen molar-refractivity contribution in [3.05, 3.63) is 90.0 Å². The maximum absolute atomic E-state index is 12.4. The molecule has 5 nitrogen and oxygen atoms in total. The molecule has 6 rings (SSSR count). The highest BCUT2D eigenvalue weighted by Crippen LogP contribution is 2.34. The summed E-state index contributed by atoms with van der Waals surface area (Å²) in [6, 6.07) is 18.4. The fourth-order valence-corrected chi connectivity index (χ4v) is 6.58. The molecule has 38 heavy (non-hydrogen) atoms. The average molecular weight is 625 g/mol. The van der Waals surface area contributed by atoms with Gasteiger partial charge >= 0.3 is 21.2 Å². The van der Waals surface area contributed by atoms with Crippen LogP contribution >= 0.6 is 0 Å². The van der Waals surface area contributed by atoms with Crippen molar-refractivity contribution in [2.45, 2.75) is 52.4 Å². The normalized spacial score (nSPS) is 18.8. The second-order valence-corrected chi connectivity index (χ2v) is 15.5. The van der Waals surface area contributed by atoms with Gasteiger partial charge in [0.1, 0.15) is 11.4 Å². The van der Waals surface area contributed by atoms with Crippen LogP contribution in [-0.4, -0.2) is 65.5 Å². The Morgan fingerprint density at radius 1 is 0.579 bits per heavy atom. The van der Waals surface area contributed by atoms with Crippen LogP contribution in [0.25, 0.3) is 0 Å². The first-order valence-electron chi connectivity index (χ1n) is 13.6. The van der Waals surface area contributed by atoms with Gasteiger partial charge in [0.2, 0.25) is 11.6 Å². The number of ketones is 2. The highest BCUT2D eigenvalue weighted by Gasteiger charge is 2.43. The maximum Gasteiger partial charge on any atom is 0.357 e. The molecule has 0 bridgehead atoms. The van der Waals surface area contributed by atoms with Crippen LogP contribution < -0.4 is 21.2 Å². The summed E-state index contributed by atoms with van der Waals surface area (Å²) in [6.45, 7) is 19.0. The Morgan fingerprint density at radius 2 is 0.974 bits per heavy atom. The number of hydrogen-bond donors (Lipinski definition) is 0. The molecule has 0 spiro atoms. The smallest absolute Gasteiger partial charge is 0.357 e. The average Bonchev–Trinajstić information content (AvgIpc) is 3.67. The van der Waals surface area contributed by atoms with Gasteiger partial charge in [-0.05, 0) is 46.2 Å². The Hall–Kier alpha value is -2.61. The molecular formula is C32H39IN3O2+. The first-order valence-corrected chi connectivity index (χ1v) is 15.7. The van der Waals surface area contributed by atoms with Crippen molar-refractivity contribution >= 4 is 11.6 Å². The van der Waals surface area contributed by atoms with E-state index in [0.717, 1.165) is 39.3 Å². The molecule has 0 unspecified atom stereocenters. The first kappa shape index (κ1) is 27.0. The number of nitrogens with zero attached hydrogens (tertiary/aromatic N) is 3. The Labute approximate surface area is 237 Å². The second kappa shape index (κ2) is 10.2. The lowest BCUT2D eigenvalue weighted by atomic mass is 9.87. The van der Waals surface area contributed by atoms with Gasteiger partial charge in [-0.1, -0.05) is 65.8 Å². The molecule has 0 N–H and O–H groups in total. The monoisotopic (exact) mass is 624 g/mol. The van der Waals surface area contributed by atoms with E-state index in [4.69, 9.17) is 0 Å². The van der Waals surface area contributed by atoms with Gasteiger partial charge in [0.05, 0.1) is 5.70 Å².